The molecule has 1 unspecified atom stereocenters. The smallest absolute Gasteiger partial charge is 0.416 e. The summed E-state index contributed by atoms with van der Waals surface area (Å²) in [6.07, 6.45) is -0.259. The largest absolute Gasteiger partial charge is 0.450 e. The molecule has 2 aromatic rings. The summed E-state index contributed by atoms with van der Waals surface area (Å²) in [7, 11) is 0. The van der Waals surface area contributed by atoms with Gasteiger partial charge in [0.2, 0.25) is 0 Å². The van der Waals surface area contributed by atoms with Gasteiger partial charge in [0.15, 0.2) is 11.6 Å². The Hall–Kier alpha value is -2.75. The van der Waals surface area contributed by atoms with Crippen LogP contribution in [0.15, 0.2) is 30.7 Å². The molecule has 2 aliphatic rings. The molecule has 11 heteroatoms. The Morgan fingerprint density at radius 3 is 2.53 bits per heavy atom. The van der Waals surface area contributed by atoms with E-state index in [4.69, 9.17) is 21.1 Å². The molecule has 1 aromatic heterocycles. The minimum Gasteiger partial charge on any atom is -0.450 e. The van der Waals surface area contributed by atoms with Crippen molar-refractivity contribution in [3.05, 3.63) is 41.3 Å². The van der Waals surface area contributed by atoms with E-state index in [9.17, 15) is 18.0 Å². The van der Waals surface area contributed by atoms with Gasteiger partial charge in [-0.05, 0) is 51.8 Å². The topological polar surface area (TPSA) is 67.8 Å². The normalized spacial score (nSPS) is 20.8. The molecule has 2 saturated heterocycles. The molecule has 1 atom stereocenters. The Morgan fingerprint density at radius 1 is 1.12 bits per heavy atom. The predicted molar refractivity (Wildman–Crippen MR) is 120 cm³/mol. The van der Waals surface area contributed by atoms with Gasteiger partial charge in [0.25, 0.3) is 0 Å². The van der Waals surface area contributed by atoms with E-state index in [1.54, 1.807) is 4.90 Å². The Morgan fingerprint density at radius 2 is 1.85 bits per heavy atom. The van der Waals surface area contributed by atoms with Crippen LogP contribution in [-0.2, 0) is 10.9 Å². The van der Waals surface area contributed by atoms with Crippen LogP contribution >= 0.6 is 11.6 Å². The van der Waals surface area contributed by atoms with Crippen LogP contribution in [0.5, 0.6) is 11.5 Å². The van der Waals surface area contributed by atoms with Gasteiger partial charge in [-0.2, -0.15) is 13.2 Å². The number of carbonyl (C=O) groups excluding carboxylic acids is 1. The summed E-state index contributed by atoms with van der Waals surface area (Å²) in [5.74, 6) is 0.901. The number of alkyl halides is 3. The molecule has 1 aromatic carbocycles. The summed E-state index contributed by atoms with van der Waals surface area (Å²) < 4.78 is 50.2. The molecular formula is C23H26ClF3N4O3. The van der Waals surface area contributed by atoms with E-state index in [1.165, 1.54) is 18.6 Å². The van der Waals surface area contributed by atoms with Crippen molar-refractivity contribution >= 4 is 23.5 Å². The molecule has 0 N–H and O–H groups in total. The molecule has 184 valence electrons. The number of ether oxygens (including phenoxy) is 2. The van der Waals surface area contributed by atoms with E-state index < -0.39 is 17.3 Å². The van der Waals surface area contributed by atoms with Crippen molar-refractivity contribution in [1.82, 2.24) is 14.9 Å². The molecule has 1 amide bonds. The molecular weight excluding hydrogens is 473 g/mol. The SMILES string of the molecule is CC(C)(C)OC(=O)N1CCC2(CCN(c3ncncc3Oc3ccc(C(F)(F)F)cc3Cl)C2)C1. The lowest BCUT2D eigenvalue weighted by molar-refractivity contribution is -0.137. The number of carbonyl (C=O) groups is 1. The number of hydrogen-bond acceptors (Lipinski definition) is 6. The average molecular weight is 499 g/mol. The van der Waals surface area contributed by atoms with Crippen molar-refractivity contribution in [2.75, 3.05) is 31.1 Å². The van der Waals surface area contributed by atoms with Gasteiger partial charge in [0.1, 0.15) is 17.7 Å². The third-order valence-electron chi connectivity index (χ3n) is 5.97. The second kappa shape index (κ2) is 8.79. The number of aromatic nitrogens is 2. The fraction of sp³-hybridized carbons (Fsp3) is 0.522. The number of amides is 1. The van der Waals surface area contributed by atoms with Gasteiger partial charge in [0.05, 0.1) is 16.8 Å². The molecule has 34 heavy (non-hydrogen) atoms. The maximum Gasteiger partial charge on any atom is 0.416 e. The second-order valence-electron chi connectivity index (χ2n) is 9.78. The van der Waals surface area contributed by atoms with Crippen LogP contribution in [0.25, 0.3) is 0 Å². The van der Waals surface area contributed by atoms with E-state index in [1.807, 2.05) is 25.7 Å². The zero-order chi connectivity index (χ0) is 24.7. The highest BCUT2D eigenvalue weighted by Gasteiger charge is 2.46. The lowest BCUT2D eigenvalue weighted by atomic mass is 9.86. The maximum atomic E-state index is 12.9. The molecule has 1 spiro atoms. The fourth-order valence-corrected chi connectivity index (χ4v) is 4.58. The van der Waals surface area contributed by atoms with Crippen LogP contribution in [0.4, 0.5) is 23.8 Å². The molecule has 3 heterocycles. The molecule has 2 fully saturated rings. The number of nitrogens with zero attached hydrogens (tertiary/aromatic N) is 4. The first-order chi connectivity index (χ1) is 15.9. The van der Waals surface area contributed by atoms with Crippen molar-refractivity contribution in [3.8, 4) is 11.5 Å². The summed E-state index contributed by atoms with van der Waals surface area (Å²) in [6, 6.07) is 2.93. The Bertz CT molecular complexity index is 1080. The first kappa shape index (κ1) is 24.4. The van der Waals surface area contributed by atoms with Crippen molar-refractivity contribution in [2.45, 2.75) is 45.4 Å². The molecule has 0 radical (unpaired) electrons. The summed E-state index contributed by atoms with van der Waals surface area (Å²) in [5, 5.41) is -0.161. The summed E-state index contributed by atoms with van der Waals surface area (Å²) >= 11 is 6.06. The van der Waals surface area contributed by atoms with Crippen LogP contribution in [0.3, 0.4) is 0 Å². The zero-order valence-electron chi connectivity index (χ0n) is 19.2. The lowest BCUT2D eigenvalue weighted by Crippen LogP contribution is -2.37. The van der Waals surface area contributed by atoms with E-state index in [0.717, 1.165) is 25.0 Å². The Balaban J connectivity index is 1.48. The fourth-order valence-electron chi connectivity index (χ4n) is 4.36. The van der Waals surface area contributed by atoms with Crippen LogP contribution in [0, 0.1) is 5.41 Å². The van der Waals surface area contributed by atoms with Gasteiger partial charge < -0.3 is 19.3 Å². The number of likely N-dealkylation sites (tertiary alicyclic amines) is 1. The Kier molecular flexibility index (Phi) is 6.30. The molecule has 0 bridgehead atoms. The van der Waals surface area contributed by atoms with Crippen LogP contribution in [0.2, 0.25) is 5.02 Å². The molecule has 0 saturated carbocycles. The molecule has 0 aliphatic carbocycles. The van der Waals surface area contributed by atoms with Gasteiger partial charge >= 0.3 is 12.3 Å². The highest BCUT2D eigenvalue weighted by Crippen LogP contribution is 2.44. The number of halogens is 4. The van der Waals surface area contributed by atoms with Crippen LogP contribution in [-0.4, -0.2) is 52.7 Å². The minimum absolute atomic E-state index is 0.0802. The number of rotatable bonds is 3. The molecule has 4 rings (SSSR count). The van der Waals surface area contributed by atoms with Gasteiger partial charge in [-0.25, -0.2) is 14.8 Å². The monoisotopic (exact) mass is 498 g/mol. The van der Waals surface area contributed by atoms with Crippen molar-refractivity contribution in [1.29, 1.82) is 0 Å². The first-order valence-electron chi connectivity index (χ1n) is 10.9. The number of anilines is 1. The molecule has 2 aliphatic heterocycles. The van der Waals surface area contributed by atoms with Gasteiger partial charge in [0, 0.05) is 31.6 Å². The second-order valence-corrected chi connectivity index (χ2v) is 10.2. The van der Waals surface area contributed by atoms with Crippen molar-refractivity contribution in [2.24, 2.45) is 5.41 Å². The number of hydrogen-bond donors (Lipinski definition) is 0. The zero-order valence-corrected chi connectivity index (χ0v) is 19.9. The third kappa shape index (κ3) is 5.32. The van der Waals surface area contributed by atoms with Crippen molar-refractivity contribution in [3.63, 3.8) is 0 Å². The summed E-state index contributed by atoms with van der Waals surface area (Å²) in [6.45, 7) is 8.08. The first-order valence-corrected chi connectivity index (χ1v) is 11.3. The Labute approximate surface area is 200 Å². The summed E-state index contributed by atoms with van der Waals surface area (Å²) in [4.78, 5) is 24.7. The minimum atomic E-state index is -4.50. The van der Waals surface area contributed by atoms with Crippen molar-refractivity contribution < 1.29 is 27.4 Å². The maximum absolute atomic E-state index is 12.9. The average Bonchev–Trinajstić information content (AvgIpc) is 3.35. The van der Waals surface area contributed by atoms with Gasteiger partial charge in [-0.1, -0.05) is 11.6 Å². The quantitative estimate of drug-likeness (QED) is 0.534. The van der Waals surface area contributed by atoms with Gasteiger partial charge in [-0.15, -0.1) is 0 Å². The predicted octanol–water partition coefficient (Wildman–Crippen LogP) is 5.78. The third-order valence-corrected chi connectivity index (χ3v) is 6.26. The van der Waals surface area contributed by atoms with Gasteiger partial charge in [-0.3, -0.25) is 0 Å². The van der Waals surface area contributed by atoms with E-state index in [0.29, 0.717) is 37.7 Å². The number of benzene rings is 1. The van der Waals surface area contributed by atoms with Crippen LogP contribution < -0.4 is 9.64 Å². The standard InChI is InChI=1S/C23H26ClF3N4O3/c1-21(2,3)34-20(32)31-9-7-22(13-31)6-8-30(12-22)19-18(11-28-14-29-19)33-17-5-4-15(10-16(17)24)23(25,26)27/h4-5,10-11,14H,6-9,12-13H2,1-3H3. The van der Waals surface area contributed by atoms with E-state index in [-0.39, 0.29) is 22.3 Å². The van der Waals surface area contributed by atoms with E-state index >= 15 is 0 Å². The lowest BCUT2D eigenvalue weighted by Gasteiger charge is -2.27. The molecule has 7 nitrogen and oxygen atoms in total. The highest BCUT2D eigenvalue weighted by atomic mass is 35.5. The van der Waals surface area contributed by atoms with Crippen LogP contribution in [0.1, 0.15) is 39.2 Å². The van der Waals surface area contributed by atoms with E-state index in [2.05, 4.69) is 9.97 Å². The highest BCUT2D eigenvalue weighted by molar-refractivity contribution is 6.32. The summed E-state index contributed by atoms with van der Waals surface area (Å²) in [5.41, 5.74) is -1.50.